The molecule has 0 aliphatic heterocycles. The molecule has 0 saturated heterocycles. The summed E-state index contributed by atoms with van der Waals surface area (Å²) in [6.45, 7) is 1.59. The molecule has 1 rings (SSSR count). The van der Waals surface area contributed by atoms with Crippen molar-refractivity contribution in [3.63, 3.8) is 0 Å². The van der Waals surface area contributed by atoms with Gasteiger partial charge in [0, 0.05) is 11.1 Å². The lowest BCUT2D eigenvalue weighted by atomic mass is 10.1. The molecule has 0 saturated carbocycles. The molecule has 1 aromatic rings. The Balaban J connectivity index is 2.86. The predicted octanol–water partition coefficient (Wildman–Crippen LogP) is 0.677. The van der Waals surface area contributed by atoms with Crippen molar-refractivity contribution in [3.8, 4) is 0 Å². The molecule has 7 nitrogen and oxygen atoms in total. The molecular weight excluding hydrogens is 210 g/mol. The Kier molecular flexibility index (Phi) is 4.07. The third-order valence-corrected chi connectivity index (χ3v) is 2.06. The summed E-state index contributed by atoms with van der Waals surface area (Å²) in [5.41, 5.74) is 15.1. The van der Waals surface area contributed by atoms with Crippen molar-refractivity contribution in [1.29, 1.82) is 0 Å². The van der Waals surface area contributed by atoms with Crippen molar-refractivity contribution in [2.45, 2.75) is 19.1 Å². The highest BCUT2D eigenvalue weighted by atomic mass is 16.3. The number of rotatable bonds is 4. The Bertz CT molecular complexity index is 416. The largest absolute Gasteiger partial charge is 0.397 e. The van der Waals surface area contributed by atoms with Crippen molar-refractivity contribution in [1.82, 2.24) is 4.98 Å². The first-order valence-corrected chi connectivity index (χ1v) is 4.65. The fourth-order valence-electron chi connectivity index (χ4n) is 1.25. The quantitative estimate of drug-likeness (QED) is 0.393. The summed E-state index contributed by atoms with van der Waals surface area (Å²) in [6, 6.07) is 1.64. The normalized spacial score (nSPS) is 13.9. The second kappa shape index (κ2) is 5.32. The van der Waals surface area contributed by atoms with E-state index in [2.05, 4.69) is 15.0 Å². The summed E-state index contributed by atoms with van der Waals surface area (Å²) in [6.07, 6.45) is -0.936. The third kappa shape index (κ3) is 2.83. The Morgan fingerprint density at radius 2 is 2.31 bits per heavy atom. The highest BCUT2D eigenvalue weighted by molar-refractivity contribution is 5.45. The summed E-state index contributed by atoms with van der Waals surface area (Å²) >= 11 is 0. The lowest BCUT2D eigenvalue weighted by Crippen LogP contribution is -2.23. The second-order valence-corrected chi connectivity index (χ2v) is 3.41. The first kappa shape index (κ1) is 12.3. The Morgan fingerprint density at radius 1 is 1.62 bits per heavy atom. The minimum atomic E-state index is -1.26. The van der Waals surface area contributed by atoms with Gasteiger partial charge in [-0.1, -0.05) is 5.11 Å². The number of aryl methyl sites for hydroxylation is 1. The number of nitrogen functional groups attached to an aromatic ring is 1. The van der Waals surface area contributed by atoms with Gasteiger partial charge in [-0.3, -0.25) is 4.98 Å². The zero-order valence-electron chi connectivity index (χ0n) is 8.78. The van der Waals surface area contributed by atoms with Gasteiger partial charge >= 0.3 is 0 Å². The number of aliphatic hydroxyl groups excluding tert-OH is 2. The van der Waals surface area contributed by atoms with Gasteiger partial charge in [0.25, 0.3) is 0 Å². The van der Waals surface area contributed by atoms with Gasteiger partial charge in [-0.25, -0.2) is 0 Å². The average Bonchev–Trinajstić information content (AvgIpc) is 2.25. The Labute approximate surface area is 92.2 Å². The van der Waals surface area contributed by atoms with Crippen molar-refractivity contribution >= 4 is 5.69 Å². The summed E-state index contributed by atoms with van der Waals surface area (Å²) in [4.78, 5) is 6.43. The maximum Gasteiger partial charge on any atom is 0.124 e. The van der Waals surface area contributed by atoms with Gasteiger partial charge in [-0.05, 0) is 24.1 Å². The fourth-order valence-corrected chi connectivity index (χ4v) is 1.25. The van der Waals surface area contributed by atoms with Gasteiger partial charge in [0.1, 0.15) is 6.10 Å². The van der Waals surface area contributed by atoms with Gasteiger partial charge in [-0.2, -0.15) is 0 Å². The first-order chi connectivity index (χ1) is 7.56. The van der Waals surface area contributed by atoms with E-state index < -0.39 is 12.2 Å². The molecule has 0 amide bonds. The number of hydrogen-bond donors (Lipinski definition) is 3. The molecule has 0 aliphatic rings. The van der Waals surface area contributed by atoms with E-state index in [0.717, 1.165) is 5.56 Å². The van der Waals surface area contributed by atoms with E-state index in [4.69, 9.17) is 11.3 Å². The smallest absolute Gasteiger partial charge is 0.124 e. The number of hydrogen-bond acceptors (Lipinski definition) is 5. The lowest BCUT2D eigenvalue weighted by molar-refractivity contribution is 0.0222. The molecule has 86 valence electrons. The zero-order valence-corrected chi connectivity index (χ0v) is 8.78. The molecule has 7 heteroatoms. The minimum absolute atomic E-state index is 0.186. The maximum atomic E-state index is 9.71. The number of azide groups is 1. The van der Waals surface area contributed by atoms with Crippen molar-refractivity contribution in [3.05, 3.63) is 34.0 Å². The summed E-state index contributed by atoms with van der Waals surface area (Å²) in [5.74, 6) is 0. The molecule has 0 spiro atoms. The number of aliphatic hydroxyl groups is 2. The molecular formula is C9H13N5O2. The van der Waals surface area contributed by atoms with Crippen LogP contribution in [0.1, 0.15) is 17.4 Å². The number of pyridine rings is 1. The van der Waals surface area contributed by atoms with E-state index in [1.807, 2.05) is 6.92 Å². The van der Waals surface area contributed by atoms with E-state index in [-0.39, 0.29) is 12.2 Å². The molecule has 0 bridgehead atoms. The predicted molar refractivity (Wildman–Crippen MR) is 58.4 cm³/mol. The summed E-state index contributed by atoms with van der Waals surface area (Å²) < 4.78 is 0. The van der Waals surface area contributed by atoms with Gasteiger partial charge in [0.15, 0.2) is 0 Å². The molecule has 0 aromatic carbocycles. The van der Waals surface area contributed by atoms with Crippen LogP contribution in [-0.4, -0.2) is 27.8 Å². The Morgan fingerprint density at radius 3 is 2.88 bits per heavy atom. The van der Waals surface area contributed by atoms with Gasteiger partial charge in [-0.15, -0.1) is 0 Å². The zero-order chi connectivity index (χ0) is 12.1. The molecule has 2 atom stereocenters. The maximum absolute atomic E-state index is 9.71. The van der Waals surface area contributed by atoms with Crippen LogP contribution in [0.4, 0.5) is 5.69 Å². The van der Waals surface area contributed by atoms with E-state index in [1.54, 1.807) is 6.07 Å². The molecule has 0 aliphatic carbocycles. The van der Waals surface area contributed by atoms with Crippen LogP contribution in [0, 0.1) is 6.92 Å². The third-order valence-electron chi connectivity index (χ3n) is 2.06. The fraction of sp³-hybridized carbons (Fsp3) is 0.444. The monoisotopic (exact) mass is 223 g/mol. The molecule has 4 N–H and O–H groups in total. The van der Waals surface area contributed by atoms with Crippen molar-refractivity contribution < 1.29 is 10.2 Å². The molecule has 0 radical (unpaired) electrons. The van der Waals surface area contributed by atoms with Crippen LogP contribution in [0.15, 0.2) is 17.4 Å². The van der Waals surface area contributed by atoms with Gasteiger partial charge in [0.05, 0.1) is 24.0 Å². The lowest BCUT2D eigenvalue weighted by Gasteiger charge is -2.17. The number of aromatic nitrogens is 1. The van der Waals surface area contributed by atoms with Crippen LogP contribution in [0.25, 0.3) is 10.4 Å². The van der Waals surface area contributed by atoms with E-state index in [0.29, 0.717) is 5.69 Å². The van der Waals surface area contributed by atoms with Crippen LogP contribution in [-0.2, 0) is 0 Å². The molecule has 0 fully saturated rings. The van der Waals surface area contributed by atoms with E-state index >= 15 is 0 Å². The van der Waals surface area contributed by atoms with Crippen molar-refractivity contribution in [2.24, 2.45) is 5.11 Å². The SMILES string of the molecule is Cc1cnc(C(O)C(O)CN=[N+]=[N-])c(N)c1. The van der Waals surface area contributed by atoms with Crippen molar-refractivity contribution in [2.75, 3.05) is 12.3 Å². The molecule has 1 heterocycles. The van der Waals surface area contributed by atoms with Crippen LogP contribution in [0.5, 0.6) is 0 Å². The molecule has 1 aromatic heterocycles. The van der Waals surface area contributed by atoms with Crippen LogP contribution in [0.3, 0.4) is 0 Å². The second-order valence-electron chi connectivity index (χ2n) is 3.41. The minimum Gasteiger partial charge on any atom is -0.397 e. The van der Waals surface area contributed by atoms with E-state index in [1.165, 1.54) is 6.20 Å². The average molecular weight is 223 g/mol. The van der Waals surface area contributed by atoms with Gasteiger partial charge in [0.2, 0.25) is 0 Å². The highest BCUT2D eigenvalue weighted by Crippen LogP contribution is 2.21. The number of anilines is 1. The topological polar surface area (TPSA) is 128 Å². The number of nitrogens with zero attached hydrogens (tertiary/aromatic N) is 4. The highest BCUT2D eigenvalue weighted by Gasteiger charge is 2.21. The van der Waals surface area contributed by atoms with E-state index in [9.17, 15) is 10.2 Å². The van der Waals surface area contributed by atoms with Crippen LogP contribution < -0.4 is 5.73 Å². The van der Waals surface area contributed by atoms with Crippen LogP contribution >= 0.6 is 0 Å². The molecule has 2 unspecified atom stereocenters. The van der Waals surface area contributed by atoms with Gasteiger partial charge < -0.3 is 15.9 Å². The summed E-state index contributed by atoms with van der Waals surface area (Å²) in [5, 5.41) is 22.4. The first-order valence-electron chi connectivity index (χ1n) is 4.65. The number of nitrogens with two attached hydrogens (primary N) is 1. The molecule has 16 heavy (non-hydrogen) atoms. The standard InChI is InChI=1S/C9H13N5O2/c1-5-2-6(10)8(12-3-5)9(16)7(15)4-13-14-11/h2-3,7,9,15-16H,4,10H2,1H3. The van der Waals surface area contributed by atoms with Crippen LogP contribution in [0.2, 0.25) is 0 Å². The summed E-state index contributed by atoms with van der Waals surface area (Å²) in [7, 11) is 0. The Hall–Kier alpha value is -1.82.